The zero-order valence-corrected chi connectivity index (χ0v) is 9.39. The Morgan fingerprint density at radius 3 is 2.40 bits per heavy atom. The maximum atomic E-state index is 5.87. The molecule has 5 heteroatoms. The van der Waals surface area contributed by atoms with Crippen LogP contribution in [-0.2, 0) is 0 Å². The zero-order valence-electron chi connectivity index (χ0n) is 9.39. The number of hydrogen-bond acceptors (Lipinski definition) is 3. The average Bonchev–Trinajstić information content (AvgIpc) is 2.53. The number of aliphatic imine (C=N–C) groups is 1. The highest BCUT2D eigenvalue weighted by Crippen LogP contribution is 2.20. The summed E-state index contributed by atoms with van der Waals surface area (Å²) in [5, 5.41) is 1.74. The molecule has 0 aromatic carbocycles. The van der Waals surface area contributed by atoms with Gasteiger partial charge in [0, 0.05) is 19.6 Å². The van der Waals surface area contributed by atoms with Gasteiger partial charge in [0.25, 0.3) is 0 Å². The monoisotopic (exact) mass is 211 g/mol. The van der Waals surface area contributed by atoms with E-state index in [-0.39, 0.29) is 0 Å². The van der Waals surface area contributed by atoms with Crippen molar-refractivity contribution >= 4 is 5.96 Å². The molecule has 0 unspecified atom stereocenters. The lowest BCUT2D eigenvalue weighted by Crippen LogP contribution is -2.38. The van der Waals surface area contributed by atoms with Gasteiger partial charge in [0.15, 0.2) is 0 Å². The fourth-order valence-corrected chi connectivity index (χ4v) is 2.24. The quantitative estimate of drug-likeness (QED) is 0.586. The van der Waals surface area contributed by atoms with Gasteiger partial charge in [-0.05, 0) is 25.7 Å². The fourth-order valence-electron chi connectivity index (χ4n) is 2.24. The molecule has 1 aliphatic heterocycles. The van der Waals surface area contributed by atoms with Crippen LogP contribution in [0.3, 0.4) is 0 Å². The second-order valence-corrected chi connectivity index (χ2v) is 4.61. The molecule has 1 saturated heterocycles. The van der Waals surface area contributed by atoms with Crippen LogP contribution in [0, 0.1) is 0 Å². The van der Waals surface area contributed by atoms with Crippen molar-refractivity contribution in [3.05, 3.63) is 0 Å². The second-order valence-electron chi connectivity index (χ2n) is 4.61. The van der Waals surface area contributed by atoms with Crippen LogP contribution in [-0.4, -0.2) is 48.1 Å². The van der Waals surface area contributed by atoms with Crippen molar-refractivity contribution in [2.75, 3.05) is 20.1 Å². The van der Waals surface area contributed by atoms with E-state index >= 15 is 0 Å². The van der Waals surface area contributed by atoms with Gasteiger partial charge in [-0.25, -0.2) is 10.8 Å². The van der Waals surface area contributed by atoms with Gasteiger partial charge in [0.05, 0.1) is 12.6 Å². The first-order valence-corrected chi connectivity index (χ1v) is 5.73. The Kier molecular flexibility index (Phi) is 3.11. The van der Waals surface area contributed by atoms with E-state index in [1.807, 2.05) is 7.05 Å². The van der Waals surface area contributed by atoms with Gasteiger partial charge in [-0.2, -0.15) is 0 Å². The zero-order chi connectivity index (χ0) is 10.8. The van der Waals surface area contributed by atoms with Gasteiger partial charge >= 0.3 is 0 Å². The van der Waals surface area contributed by atoms with Crippen molar-refractivity contribution in [1.82, 2.24) is 9.91 Å². The molecular formula is C10H21N5. The van der Waals surface area contributed by atoms with Crippen LogP contribution in [0.1, 0.15) is 25.7 Å². The maximum Gasteiger partial charge on any atom is 0.211 e. The fraction of sp³-hybridized carbons (Fsp3) is 0.900. The predicted molar refractivity (Wildman–Crippen MR) is 61.2 cm³/mol. The number of nitrogens with zero attached hydrogens (tertiary/aromatic N) is 3. The molecule has 1 aliphatic carbocycles. The summed E-state index contributed by atoms with van der Waals surface area (Å²) in [6, 6.07) is 0.808. The highest BCUT2D eigenvalue weighted by atomic mass is 15.6. The predicted octanol–water partition coefficient (Wildman–Crippen LogP) is -0.267. The van der Waals surface area contributed by atoms with Crippen molar-refractivity contribution in [3.63, 3.8) is 0 Å². The Balaban J connectivity index is 1.97. The molecule has 2 fully saturated rings. The first kappa shape index (κ1) is 10.7. The van der Waals surface area contributed by atoms with Gasteiger partial charge < -0.3 is 10.6 Å². The van der Waals surface area contributed by atoms with Crippen molar-refractivity contribution in [2.45, 2.75) is 37.8 Å². The molecule has 86 valence electrons. The molecular weight excluding hydrogens is 190 g/mol. The molecule has 4 N–H and O–H groups in total. The third-order valence-electron chi connectivity index (χ3n) is 3.31. The summed E-state index contributed by atoms with van der Waals surface area (Å²) in [5.74, 6) is 6.79. The minimum atomic E-state index is 0.386. The number of nitrogens with two attached hydrogens (primary N) is 2. The maximum absolute atomic E-state index is 5.87. The van der Waals surface area contributed by atoms with E-state index in [9.17, 15) is 0 Å². The van der Waals surface area contributed by atoms with Crippen molar-refractivity contribution < 1.29 is 0 Å². The summed E-state index contributed by atoms with van der Waals surface area (Å²) in [6.07, 6.45) is 4.39. The lowest BCUT2D eigenvalue weighted by molar-refractivity contribution is 0.387. The highest BCUT2D eigenvalue weighted by molar-refractivity contribution is 5.81. The van der Waals surface area contributed by atoms with Crippen LogP contribution in [0.25, 0.3) is 0 Å². The number of likely N-dealkylation sites (N-methyl/N-ethyl adjacent to an activating group) is 1. The van der Waals surface area contributed by atoms with Crippen LogP contribution in [0.2, 0.25) is 0 Å². The molecule has 1 saturated carbocycles. The Morgan fingerprint density at radius 1 is 1.20 bits per heavy atom. The molecule has 2 aliphatic rings. The molecule has 0 spiro atoms. The Hall–Kier alpha value is -0.810. The lowest BCUT2D eigenvalue weighted by Gasteiger charge is -2.25. The standard InChI is InChI=1S/C10H21N5/c1-14-6-7-15(12)10(14)13-9-4-2-8(11)3-5-9/h8-9H,2-7,11-12H2,1H3. The van der Waals surface area contributed by atoms with E-state index < -0.39 is 0 Å². The topological polar surface area (TPSA) is 70.9 Å². The largest absolute Gasteiger partial charge is 0.343 e. The molecule has 1 heterocycles. The van der Waals surface area contributed by atoms with Crippen LogP contribution in [0.5, 0.6) is 0 Å². The Labute approximate surface area is 91.1 Å². The van der Waals surface area contributed by atoms with Gasteiger partial charge in [-0.3, -0.25) is 5.01 Å². The molecule has 15 heavy (non-hydrogen) atoms. The van der Waals surface area contributed by atoms with E-state index in [1.165, 1.54) is 0 Å². The molecule has 5 nitrogen and oxygen atoms in total. The van der Waals surface area contributed by atoms with E-state index in [2.05, 4.69) is 4.90 Å². The lowest BCUT2D eigenvalue weighted by atomic mass is 9.92. The highest BCUT2D eigenvalue weighted by Gasteiger charge is 2.24. The van der Waals surface area contributed by atoms with Crippen molar-refractivity contribution in [1.29, 1.82) is 0 Å². The van der Waals surface area contributed by atoms with Crippen molar-refractivity contribution in [2.24, 2.45) is 16.6 Å². The van der Waals surface area contributed by atoms with E-state index in [0.29, 0.717) is 12.1 Å². The summed E-state index contributed by atoms with van der Waals surface area (Å²) in [6.45, 7) is 1.85. The number of rotatable bonds is 1. The van der Waals surface area contributed by atoms with Crippen LogP contribution >= 0.6 is 0 Å². The first-order chi connectivity index (χ1) is 7.16. The summed E-state index contributed by atoms with van der Waals surface area (Å²) in [5.41, 5.74) is 5.87. The third-order valence-corrected chi connectivity index (χ3v) is 3.31. The van der Waals surface area contributed by atoms with Crippen LogP contribution in [0.4, 0.5) is 0 Å². The molecule has 0 radical (unpaired) electrons. The molecule has 0 aromatic rings. The van der Waals surface area contributed by atoms with Gasteiger partial charge in [-0.1, -0.05) is 0 Å². The summed E-state index contributed by atoms with van der Waals surface area (Å²) >= 11 is 0. The van der Waals surface area contributed by atoms with Gasteiger partial charge in [-0.15, -0.1) is 0 Å². The molecule has 0 aromatic heterocycles. The number of hydrazine groups is 1. The third kappa shape index (κ3) is 2.41. The summed E-state index contributed by atoms with van der Waals surface area (Å²) in [7, 11) is 2.04. The van der Waals surface area contributed by atoms with E-state index in [1.54, 1.807) is 5.01 Å². The number of guanidine groups is 1. The van der Waals surface area contributed by atoms with Gasteiger partial charge in [0.2, 0.25) is 5.96 Å². The van der Waals surface area contributed by atoms with Crippen LogP contribution in [0.15, 0.2) is 4.99 Å². The SMILES string of the molecule is CN1CCN(N)C1=NC1CCC(N)CC1. The molecule has 0 amide bonds. The van der Waals surface area contributed by atoms with Crippen molar-refractivity contribution in [3.8, 4) is 0 Å². The van der Waals surface area contributed by atoms with Crippen LogP contribution < -0.4 is 11.6 Å². The molecule has 0 atom stereocenters. The van der Waals surface area contributed by atoms with E-state index in [4.69, 9.17) is 16.6 Å². The molecule has 0 bridgehead atoms. The average molecular weight is 211 g/mol. The Bertz CT molecular complexity index is 232. The van der Waals surface area contributed by atoms with E-state index in [0.717, 1.165) is 44.7 Å². The smallest absolute Gasteiger partial charge is 0.211 e. The van der Waals surface area contributed by atoms with Gasteiger partial charge in [0.1, 0.15) is 0 Å². The minimum Gasteiger partial charge on any atom is -0.343 e. The Morgan fingerprint density at radius 2 is 1.87 bits per heavy atom. The first-order valence-electron chi connectivity index (χ1n) is 5.73. The minimum absolute atomic E-state index is 0.386. The number of hydrogen-bond donors (Lipinski definition) is 2. The second kappa shape index (κ2) is 4.37. The summed E-state index contributed by atoms with van der Waals surface area (Å²) < 4.78 is 0. The normalized spacial score (nSPS) is 35.3. The molecule has 2 rings (SSSR count). The summed E-state index contributed by atoms with van der Waals surface area (Å²) in [4.78, 5) is 6.84.